The van der Waals surface area contributed by atoms with Crippen LogP contribution in [0.25, 0.3) is 10.9 Å². The topological polar surface area (TPSA) is 124 Å². The molecule has 0 aliphatic rings. The van der Waals surface area contributed by atoms with Gasteiger partial charge in [-0.15, -0.1) is 0 Å². The van der Waals surface area contributed by atoms with Gasteiger partial charge in [-0.25, -0.2) is 0 Å². The van der Waals surface area contributed by atoms with E-state index in [4.69, 9.17) is 10.5 Å². The molecule has 4 N–H and O–H groups in total. The number of aliphatic hydroxyl groups is 1. The molecule has 0 fully saturated rings. The molecule has 0 aliphatic heterocycles. The SMILES string of the molecule is CCOC(=O)CCCc1ccc(C=O)cc1C(N)(O)C(C)n1cc(C)c2ccc(C(=O)NC)cc21. The van der Waals surface area contributed by atoms with Crippen molar-refractivity contribution in [2.45, 2.75) is 51.8 Å². The van der Waals surface area contributed by atoms with Gasteiger partial charge in [0.25, 0.3) is 5.91 Å². The minimum Gasteiger partial charge on any atom is -0.466 e. The Labute approximate surface area is 205 Å². The number of ether oxygens (including phenoxy) is 1. The third-order valence-corrected chi connectivity index (χ3v) is 6.41. The molecule has 1 aromatic heterocycles. The van der Waals surface area contributed by atoms with Crippen LogP contribution in [0.3, 0.4) is 0 Å². The van der Waals surface area contributed by atoms with Gasteiger partial charge in [0.15, 0.2) is 5.72 Å². The number of carbonyl (C=O) groups is 3. The molecule has 3 aromatic rings. The second kappa shape index (κ2) is 10.8. The van der Waals surface area contributed by atoms with Gasteiger partial charge in [0.1, 0.15) is 6.29 Å². The average Bonchev–Trinajstić information content (AvgIpc) is 3.18. The van der Waals surface area contributed by atoms with E-state index in [0.29, 0.717) is 42.4 Å². The number of esters is 1. The molecular formula is C27H33N3O5. The van der Waals surface area contributed by atoms with Crippen LogP contribution in [0.15, 0.2) is 42.6 Å². The van der Waals surface area contributed by atoms with E-state index in [-0.39, 0.29) is 18.3 Å². The summed E-state index contributed by atoms with van der Waals surface area (Å²) < 4.78 is 6.85. The third-order valence-electron chi connectivity index (χ3n) is 6.41. The maximum Gasteiger partial charge on any atom is 0.305 e. The molecule has 2 atom stereocenters. The molecule has 0 aliphatic carbocycles. The zero-order valence-corrected chi connectivity index (χ0v) is 20.6. The van der Waals surface area contributed by atoms with Crippen molar-refractivity contribution >= 4 is 29.1 Å². The molecule has 35 heavy (non-hydrogen) atoms. The van der Waals surface area contributed by atoms with Crippen molar-refractivity contribution in [2.75, 3.05) is 13.7 Å². The zero-order chi connectivity index (χ0) is 25.8. The normalized spacial score (nSPS) is 13.8. The number of amides is 1. The molecule has 2 aromatic carbocycles. The lowest BCUT2D eigenvalue weighted by Gasteiger charge is -2.34. The standard InChI is InChI=1S/C27H33N3O5/c1-5-35-25(32)8-6-7-20-10-9-19(16-31)13-23(20)27(28,34)18(3)30-15-17(2)22-12-11-21(14-24(22)30)26(33)29-4/h9-16,18,34H,5-8,28H2,1-4H3,(H,29,33). The van der Waals surface area contributed by atoms with Gasteiger partial charge >= 0.3 is 5.97 Å². The lowest BCUT2D eigenvalue weighted by Crippen LogP contribution is -2.44. The van der Waals surface area contributed by atoms with Gasteiger partial charge in [-0.3, -0.25) is 20.1 Å². The monoisotopic (exact) mass is 479 g/mol. The Bertz CT molecular complexity index is 1250. The number of nitrogens with two attached hydrogens (primary N) is 1. The lowest BCUT2D eigenvalue weighted by molar-refractivity contribution is -0.143. The Morgan fingerprint density at radius 3 is 2.66 bits per heavy atom. The Morgan fingerprint density at radius 1 is 1.26 bits per heavy atom. The molecule has 0 bridgehead atoms. The molecule has 186 valence electrons. The maximum absolute atomic E-state index is 12.2. The molecular weight excluding hydrogens is 446 g/mol. The number of nitrogens with one attached hydrogen (secondary N) is 1. The number of carbonyl (C=O) groups excluding carboxylic acids is 3. The van der Waals surface area contributed by atoms with E-state index in [0.717, 1.165) is 22.0 Å². The van der Waals surface area contributed by atoms with Crippen LogP contribution in [0.2, 0.25) is 0 Å². The van der Waals surface area contributed by atoms with Crippen LogP contribution >= 0.6 is 0 Å². The highest BCUT2D eigenvalue weighted by Crippen LogP contribution is 2.35. The van der Waals surface area contributed by atoms with Gasteiger partial charge in [-0.1, -0.05) is 18.2 Å². The van der Waals surface area contributed by atoms with Gasteiger partial charge in [0, 0.05) is 47.3 Å². The summed E-state index contributed by atoms with van der Waals surface area (Å²) in [6.07, 6.45) is 3.83. The third kappa shape index (κ3) is 5.44. The van der Waals surface area contributed by atoms with Gasteiger partial charge in [-0.2, -0.15) is 0 Å². The van der Waals surface area contributed by atoms with E-state index in [1.807, 2.05) is 23.8 Å². The number of aryl methyl sites for hydroxylation is 2. The van der Waals surface area contributed by atoms with Crippen LogP contribution in [0.1, 0.15) is 70.1 Å². The highest BCUT2D eigenvalue weighted by atomic mass is 16.5. The second-order valence-corrected chi connectivity index (χ2v) is 8.72. The van der Waals surface area contributed by atoms with Gasteiger partial charge in [-0.05, 0) is 62.9 Å². The van der Waals surface area contributed by atoms with Crippen LogP contribution in [0.4, 0.5) is 0 Å². The van der Waals surface area contributed by atoms with E-state index in [1.165, 1.54) is 0 Å². The van der Waals surface area contributed by atoms with Gasteiger partial charge < -0.3 is 19.7 Å². The quantitative estimate of drug-likeness (QED) is 0.233. The molecule has 0 saturated heterocycles. The second-order valence-electron chi connectivity index (χ2n) is 8.72. The van der Waals surface area contributed by atoms with Crippen molar-refractivity contribution < 1.29 is 24.2 Å². The van der Waals surface area contributed by atoms with Gasteiger partial charge in [0.05, 0.1) is 12.6 Å². The Hall–Kier alpha value is -3.49. The number of hydrogen-bond acceptors (Lipinski definition) is 6. The van der Waals surface area contributed by atoms with E-state index in [9.17, 15) is 19.5 Å². The Kier molecular flexibility index (Phi) is 8.09. The molecule has 2 unspecified atom stereocenters. The van der Waals surface area contributed by atoms with Crippen molar-refractivity contribution in [2.24, 2.45) is 5.73 Å². The fraction of sp³-hybridized carbons (Fsp3) is 0.370. The van der Waals surface area contributed by atoms with Crippen molar-refractivity contribution in [1.82, 2.24) is 9.88 Å². The first-order valence-electron chi connectivity index (χ1n) is 11.7. The maximum atomic E-state index is 12.2. The van der Waals surface area contributed by atoms with Crippen LogP contribution in [0.5, 0.6) is 0 Å². The first kappa shape index (κ1) is 26.1. The average molecular weight is 480 g/mol. The molecule has 8 heteroatoms. The summed E-state index contributed by atoms with van der Waals surface area (Å²) in [6, 6.07) is 9.78. The minimum atomic E-state index is -1.85. The number of hydrogen-bond donors (Lipinski definition) is 3. The number of benzene rings is 2. The van der Waals surface area contributed by atoms with Crippen LogP contribution < -0.4 is 11.1 Å². The fourth-order valence-electron chi connectivity index (χ4n) is 4.38. The number of aldehydes is 1. The lowest BCUT2D eigenvalue weighted by atomic mass is 9.88. The molecule has 0 spiro atoms. The van der Waals surface area contributed by atoms with Crippen molar-refractivity contribution in [1.29, 1.82) is 0 Å². The van der Waals surface area contributed by atoms with E-state index in [2.05, 4.69) is 5.32 Å². The summed E-state index contributed by atoms with van der Waals surface area (Å²) in [5.41, 5.74) is 8.52. The number of fused-ring (bicyclic) bond motifs is 1. The zero-order valence-electron chi connectivity index (χ0n) is 20.6. The first-order chi connectivity index (χ1) is 16.6. The fourth-order valence-corrected chi connectivity index (χ4v) is 4.38. The summed E-state index contributed by atoms with van der Waals surface area (Å²) in [5, 5.41) is 15.2. The van der Waals surface area contributed by atoms with E-state index >= 15 is 0 Å². The highest BCUT2D eigenvalue weighted by molar-refractivity contribution is 5.98. The molecule has 8 nitrogen and oxygen atoms in total. The predicted octanol–water partition coefficient (Wildman–Crippen LogP) is 3.37. The van der Waals surface area contributed by atoms with E-state index < -0.39 is 11.8 Å². The summed E-state index contributed by atoms with van der Waals surface area (Å²) in [4.78, 5) is 35.5. The molecule has 3 rings (SSSR count). The number of nitrogens with zero attached hydrogens (tertiary/aromatic N) is 1. The van der Waals surface area contributed by atoms with Crippen LogP contribution in [-0.2, 0) is 21.7 Å². The highest BCUT2D eigenvalue weighted by Gasteiger charge is 2.35. The van der Waals surface area contributed by atoms with Gasteiger partial charge in [0.2, 0.25) is 0 Å². The number of aromatic nitrogens is 1. The largest absolute Gasteiger partial charge is 0.466 e. The first-order valence-corrected chi connectivity index (χ1v) is 11.7. The smallest absolute Gasteiger partial charge is 0.305 e. The summed E-state index contributed by atoms with van der Waals surface area (Å²) in [7, 11) is 1.57. The van der Waals surface area contributed by atoms with E-state index in [1.54, 1.807) is 51.2 Å². The predicted molar refractivity (Wildman–Crippen MR) is 134 cm³/mol. The summed E-state index contributed by atoms with van der Waals surface area (Å²) in [6.45, 7) is 5.83. The Morgan fingerprint density at radius 2 is 2.00 bits per heavy atom. The van der Waals surface area contributed by atoms with Crippen molar-refractivity contribution in [3.05, 3.63) is 70.4 Å². The molecule has 0 saturated carbocycles. The van der Waals surface area contributed by atoms with Crippen LogP contribution in [-0.4, -0.2) is 41.5 Å². The molecule has 1 heterocycles. The van der Waals surface area contributed by atoms with Crippen molar-refractivity contribution in [3.8, 4) is 0 Å². The molecule has 1 amide bonds. The van der Waals surface area contributed by atoms with Crippen molar-refractivity contribution in [3.63, 3.8) is 0 Å². The Balaban J connectivity index is 2.02. The summed E-state index contributed by atoms with van der Waals surface area (Å²) in [5.74, 6) is -0.494. The number of rotatable bonds is 10. The van der Waals surface area contributed by atoms with Crippen LogP contribution in [0, 0.1) is 6.92 Å². The summed E-state index contributed by atoms with van der Waals surface area (Å²) >= 11 is 0. The molecule has 0 radical (unpaired) electrons. The minimum absolute atomic E-state index is 0.212.